The van der Waals surface area contributed by atoms with Crippen LogP contribution in [-0.4, -0.2) is 13.6 Å². The van der Waals surface area contributed by atoms with Crippen LogP contribution in [0.4, 0.5) is 14.5 Å². The molecular weight excluding hydrogens is 350 g/mol. The second-order valence-corrected chi connectivity index (χ2v) is 7.20. The zero-order valence-corrected chi connectivity index (χ0v) is 14.2. The topological polar surface area (TPSA) is 72.2 Å². The average Bonchev–Trinajstić information content (AvgIpc) is 2.97. The Balaban J connectivity index is 2.00. The van der Waals surface area contributed by atoms with Crippen molar-refractivity contribution in [1.29, 1.82) is 0 Å². The third kappa shape index (κ3) is 3.53. The van der Waals surface area contributed by atoms with Gasteiger partial charge in [0.2, 0.25) is 0 Å². The minimum Gasteiger partial charge on any atom is -0.356 e. The first-order chi connectivity index (χ1) is 11.8. The van der Waals surface area contributed by atoms with Crippen LogP contribution >= 0.6 is 0 Å². The Bertz CT molecular complexity index is 1050. The summed E-state index contributed by atoms with van der Waals surface area (Å²) in [6, 6.07) is 9.26. The molecule has 0 amide bonds. The van der Waals surface area contributed by atoms with E-state index in [2.05, 4.69) is 9.88 Å². The zero-order chi connectivity index (χ0) is 18.2. The summed E-state index contributed by atoms with van der Waals surface area (Å²) in [6.45, 7) is 3.39. The highest BCUT2D eigenvalue weighted by Gasteiger charge is 2.19. The standard InChI is InChI=1S/C17H14F2N2O3S/c1-10-3-4-12(16-7-11(2)20-24-16)8-17(10)25(22,23)21-13-5-6-14(18)15(19)9-13/h3-9,21H,1-2H3. The van der Waals surface area contributed by atoms with Gasteiger partial charge in [-0.05, 0) is 37.6 Å². The number of benzene rings is 2. The summed E-state index contributed by atoms with van der Waals surface area (Å²) < 4.78 is 59.0. The monoisotopic (exact) mass is 364 g/mol. The number of halogens is 2. The van der Waals surface area contributed by atoms with Crippen molar-refractivity contribution in [2.24, 2.45) is 0 Å². The molecule has 1 heterocycles. The molecule has 0 unspecified atom stereocenters. The van der Waals surface area contributed by atoms with Crippen LogP contribution in [0.25, 0.3) is 11.3 Å². The number of aryl methyl sites for hydroxylation is 2. The van der Waals surface area contributed by atoms with Gasteiger partial charge in [0.05, 0.1) is 16.3 Å². The molecule has 0 spiro atoms. The van der Waals surface area contributed by atoms with Crippen LogP contribution in [0.3, 0.4) is 0 Å². The minimum absolute atomic E-state index is 0.00351. The normalized spacial score (nSPS) is 11.5. The number of nitrogens with zero attached hydrogens (tertiary/aromatic N) is 1. The van der Waals surface area contributed by atoms with Crippen molar-refractivity contribution in [2.75, 3.05) is 4.72 Å². The average molecular weight is 364 g/mol. The third-order valence-corrected chi connectivity index (χ3v) is 5.09. The van der Waals surface area contributed by atoms with E-state index in [9.17, 15) is 17.2 Å². The van der Waals surface area contributed by atoms with E-state index >= 15 is 0 Å². The Kier molecular flexibility index (Phi) is 4.30. The summed E-state index contributed by atoms with van der Waals surface area (Å²) in [5, 5.41) is 3.78. The summed E-state index contributed by atoms with van der Waals surface area (Å²) in [4.78, 5) is 0.00351. The van der Waals surface area contributed by atoms with E-state index in [0.29, 0.717) is 22.6 Å². The molecule has 8 heteroatoms. The smallest absolute Gasteiger partial charge is 0.262 e. The van der Waals surface area contributed by atoms with Crippen molar-refractivity contribution in [2.45, 2.75) is 18.7 Å². The molecule has 0 aliphatic carbocycles. The predicted octanol–water partition coefficient (Wildman–Crippen LogP) is 4.04. The highest BCUT2D eigenvalue weighted by atomic mass is 32.2. The number of sulfonamides is 1. The summed E-state index contributed by atoms with van der Waals surface area (Å²) >= 11 is 0. The van der Waals surface area contributed by atoms with Gasteiger partial charge in [0.25, 0.3) is 10.0 Å². The van der Waals surface area contributed by atoms with Gasteiger partial charge >= 0.3 is 0 Å². The van der Waals surface area contributed by atoms with Crippen LogP contribution < -0.4 is 4.72 Å². The van der Waals surface area contributed by atoms with Crippen molar-refractivity contribution in [1.82, 2.24) is 5.16 Å². The Morgan fingerprint density at radius 2 is 1.76 bits per heavy atom. The zero-order valence-electron chi connectivity index (χ0n) is 13.4. The van der Waals surface area contributed by atoms with Crippen molar-refractivity contribution in [3.8, 4) is 11.3 Å². The number of anilines is 1. The minimum atomic E-state index is -4.00. The molecule has 3 rings (SSSR count). The van der Waals surface area contributed by atoms with Gasteiger partial charge in [-0.2, -0.15) is 0 Å². The third-order valence-electron chi connectivity index (χ3n) is 3.56. The summed E-state index contributed by atoms with van der Waals surface area (Å²) in [7, 11) is -4.00. The van der Waals surface area contributed by atoms with Crippen LogP contribution in [0.15, 0.2) is 51.9 Å². The Labute approximate surface area is 143 Å². The van der Waals surface area contributed by atoms with Gasteiger partial charge in [-0.15, -0.1) is 0 Å². The molecule has 0 saturated heterocycles. The van der Waals surface area contributed by atoms with Crippen LogP contribution in [0.1, 0.15) is 11.3 Å². The Morgan fingerprint density at radius 3 is 2.40 bits per heavy atom. The van der Waals surface area contributed by atoms with Gasteiger partial charge < -0.3 is 4.52 Å². The largest absolute Gasteiger partial charge is 0.356 e. The molecule has 0 aliphatic heterocycles. The van der Waals surface area contributed by atoms with Gasteiger partial charge in [-0.25, -0.2) is 17.2 Å². The first-order valence-electron chi connectivity index (χ1n) is 7.28. The van der Waals surface area contributed by atoms with Crippen molar-refractivity contribution < 1.29 is 21.7 Å². The maximum absolute atomic E-state index is 13.3. The molecule has 0 fully saturated rings. The maximum Gasteiger partial charge on any atom is 0.262 e. The fraction of sp³-hybridized carbons (Fsp3) is 0.118. The Hall–Kier alpha value is -2.74. The molecule has 130 valence electrons. The highest BCUT2D eigenvalue weighted by molar-refractivity contribution is 7.92. The first-order valence-corrected chi connectivity index (χ1v) is 8.77. The van der Waals surface area contributed by atoms with E-state index in [-0.39, 0.29) is 10.6 Å². The number of hydrogen-bond acceptors (Lipinski definition) is 4. The molecule has 0 saturated carbocycles. The lowest BCUT2D eigenvalue weighted by molar-refractivity contribution is 0.427. The molecule has 25 heavy (non-hydrogen) atoms. The molecule has 2 aromatic carbocycles. The number of hydrogen-bond donors (Lipinski definition) is 1. The molecule has 5 nitrogen and oxygen atoms in total. The molecular formula is C17H14F2N2O3S. The van der Waals surface area contributed by atoms with Crippen LogP contribution in [0.2, 0.25) is 0 Å². The van der Waals surface area contributed by atoms with Gasteiger partial charge in [-0.3, -0.25) is 4.72 Å². The van der Waals surface area contributed by atoms with E-state index < -0.39 is 21.7 Å². The van der Waals surface area contributed by atoms with Gasteiger partial charge in [0, 0.05) is 17.7 Å². The second kappa shape index (κ2) is 6.29. The van der Waals surface area contributed by atoms with Crippen LogP contribution in [0.5, 0.6) is 0 Å². The number of nitrogens with one attached hydrogen (secondary N) is 1. The van der Waals surface area contributed by atoms with Crippen LogP contribution in [0, 0.1) is 25.5 Å². The maximum atomic E-state index is 13.3. The molecule has 0 aliphatic rings. The van der Waals surface area contributed by atoms with E-state index in [1.807, 2.05) is 0 Å². The molecule has 1 N–H and O–H groups in total. The lowest BCUT2D eigenvalue weighted by Gasteiger charge is -2.11. The molecule has 3 aromatic rings. The Morgan fingerprint density at radius 1 is 1.00 bits per heavy atom. The fourth-order valence-electron chi connectivity index (χ4n) is 2.31. The molecule has 1 aromatic heterocycles. The first kappa shape index (κ1) is 17.1. The van der Waals surface area contributed by atoms with E-state index in [1.165, 1.54) is 6.07 Å². The van der Waals surface area contributed by atoms with Crippen LogP contribution in [-0.2, 0) is 10.0 Å². The van der Waals surface area contributed by atoms with Crippen molar-refractivity contribution >= 4 is 15.7 Å². The lowest BCUT2D eigenvalue weighted by atomic mass is 10.1. The predicted molar refractivity (Wildman–Crippen MR) is 88.6 cm³/mol. The van der Waals surface area contributed by atoms with E-state index in [1.54, 1.807) is 32.0 Å². The van der Waals surface area contributed by atoms with Crippen molar-refractivity contribution in [3.63, 3.8) is 0 Å². The van der Waals surface area contributed by atoms with Gasteiger partial charge in [0.1, 0.15) is 0 Å². The summed E-state index contributed by atoms with van der Waals surface area (Å²) in [5.41, 5.74) is 1.63. The molecule has 0 bridgehead atoms. The lowest BCUT2D eigenvalue weighted by Crippen LogP contribution is -2.14. The second-order valence-electron chi connectivity index (χ2n) is 5.55. The SMILES string of the molecule is Cc1cc(-c2ccc(C)c(S(=O)(=O)Nc3ccc(F)c(F)c3)c2)on1. The van der Waals surface area contributed by atoms with Crippen molar-refractivity contribution in [3.05, 3.63) is 65.4 Å². The van der Waals surface area contributed by atoms with Gasteiger partial charge in [-0.1, -0.05) is 17.3 Å². The fourth-order valence-corrected chi connectivity index (χ4v) is 3.63. The summed E-state index contributed by atoms with van der Waals surface area (Å²) in [6.07, 6.45) is 0. The molecule has 0 atom stereocenters. The highest BCUT2D eigenvalue weighted by Crippen LogP contribution is 2.27. The van der Waals surface area contributed by atoms with E-state index in [0.717, 1.165) is 18.2 Å². The number of rotatable bonds is 4. The molecule has 0 radical (unpaired) electrons. The number of aromatic nitrogens is 1. The summed E-state index contributed by atoms with van der Waals surface area (Å²) in [5.74, 6) is -1.76. The van der Waals surface area contributed by atoms with E-state index in [4.69, 9.17) is 4.52 Å². The van der Waals surface area contributed by atoms with Gasteiger partial charge in [0.15, 0.2) is 17.4 Å². The quantitative estimate of drug-likeness (QED) is 0.758.